The van der Waals surface area contributed by atoms with Crippen LogP contribution in [0.1, 0.15) is 32.3 Å². The van der Waals surface area contributed by atoms with Gasteiger partial charge in [-0.25, -0.2) is 4.79 Å². The molecule has 0 aliphatic rings. The fraction of sp³-hybridized carbons (Fsp3) is 0.588. The van der Waals surface area contributed by atoms with E-state index < -0.39 is 0 Å². The number of hydrogen-bond acceptors (Lipinski definition) is 3. The van der Waals surface area contributed by atoms with Gasteiger partial charge in [0.2, 0.25) is 0 Å². The van der Waals surface area contributed by atoms with Gasteiger partial charge in [-0.05, 0) is 42.9 Å². The van der Waals surface area contributed by atoms with Gasteiger partial charge in [0, 0.05) is 13.1 Å². The van der Waals surface area contributed by atoms with E-state index in [0.29, 0.717) is 24.0 Å². The number of methoxy groups -OCH3 is 2. The Bertz CT molecular complexity index is 461. The average Bonchev–Trinajstić information content (AvgIpc) is 2.51. The zero-order valence-corrected chi connectivity index (χ0v) is 14.1. The molecule has 0 aliphatic heterocycles. The number of ether oxygens (including phenoxy) is 2. The highest BCUT2D eigenvalue weighted by Crippen LogP contribution is 2.27. The Kier molecular flexibility index (Phi) is 8.18. The number of urea groups is 1. The van der Waals surface area contributed by atoms with E-state index in [4.69, 9.17) is 9.47 Å². The lowest BCUT2D eigenvalue weighted by Crippen LogP contribution is -2.37. The molecule has 0 fully saturated rings. The van der Waals surface area contributed by atoms with Gasteiger partial charge in [0.15, 0.2) is 11.5 Å². The van der Waals surface area contributed by atoms with Crippen molar-refractivity contribution < 1.29 is 14.3 Å². The Balaban J connectivity index is 2.27. The standard InChI is InChI=1S/C17H28N2O3/c1-13(2)6-5-10-18-17(20)19-11-9-14-7-8-15(21-3)16(12-14)22-4/h7-8,12-13H,5-6,9-11H2,1-4H3,(H2,18,19,20). The first-order valence-electron chi connectivity index (χ1n) is 7.79. The van der Waals surface area contributed by atoms with Crippen LogP contribution in [0.3, 0.4) is 0 Å². The third-order valence-electron chi connectivity index (χ3n) is 3.39. The summed E-state index contributed by atoms with van der Waals surface area (Å²) in [5.41, 5.74) is 1.10. The van der Waals surface area contributed by atoms with E-state index >= 15 is 0 Å². The maximum Gasteiger partial charge on any atom is 0.314 e. The van der Waals surface area contributed by atoms with Crippen molar-refractivity contribution in [2.75, 3.05) is 27.3 Å². The first-order chi connectivity index (χ1) is 10.6. The number of nitrogens with one attached hydrogen (secondary N) is 2. The highest BCUT2D eigenvalue weighted by Gasteiger charge is 2.05. The molecular formula is C17H28N2O3. The van der Waals surface area contributed by atoms with E-state index in [2.05, 4.69) is 24.5 Å². The van der Waals surface area contributed by atoms with Gasteiger partial charge in [-0.15, -0.1) is 0 Å². The van der Waals surface area contributed by atoms with E-state index in [-0.39, 0.29) is 6.03 Å². The van der Waals surface area contributed by atoms with Crippen molar-refractivity contribution in [1.82, 2.24) is 10.6 Å². The van der Waals surface area contributed by atoms with Crippen LogP contribution in [0.5, 0.6) is 11.5 Å². The first kappa shape index (κ1) is 18.1. The van der Waals surface area contributed by atoms with Crippen LogP contribution >= 0.6 is 0 Å². The van der Waals surface area contributed by atoms with E-state index in [1.807, 2.05) is 18.2 Å². The maximum absolute atomic E-state index is 11.6. The predicted molar refractivity (Wildman–Crippen MR) is 88.7 cm³/mol. The molecule has 124 valence electrons. The molecule has 0 heterocycles. The van der Waals surface area contributed by atoms with Crippen LogP contribution in [-0.2, 0) is 6.42 Å². The van der Waals surface area contributed by atoms with Gasteiger partial charge in [-0.3, -0.25) is 0 Å². The summed E-state index contributed by atoms with van der Waals surface area (Å²) in [6, 6.07) is 5.68. The Hall–Kier alpha value is -1.91. The van der Waals surface area contributed by atoms with Crippen molar-refractivity contribution in [1.29, 1.82) is 0 Å². The van der Waals surface area contributed by atoms with Gasteiger partial charge in [0.25, 0.3) is 0 Å². The molecule has 1 aromatic rings. The summed E-state index contributed by atoms with van der Waals surface area (Å²) in [5, 5.41) is 5.73. The average molecular weight is 308 g/mol. The van der Waals surface area contributed by atoms with Crippen LogP contribution in [-0.4, -0.2) is 33.3 Å². The second-order valence-electron chi connectivity index (χ2n) is 5.66. The molecule has 5 heteroatoms. The third kappa shape index (κ3) is 6.70. The lowest BCUT2D eigenvalue weighted by atomic mass is 10.1. The molecule has 1 rings (SSSR count). The van der Waals surface area contributed by atoms with Crippen molar-refractivity contribution in [2.45, 2.75) is 33.1 Å². The first-order valence-corrected chi connectivity index (χ1v) is 7.79. The Morgan fingerprint density at radius 3 is 2.41 bits per heavy atom. The predicted octanol–water partition coefficient (Wildman–Crippen LogP) is 2.98. The van der Waals surface area contributed by atoms with E-state index in [9.17, 15) is 4.79 Å². The van der Waals surface area contributed by atoms with Crippen LogP contribution in [0.4, 0.5) is 4.79 Å². The maximum atomic E-state index is 11.6. The summed E-state index contributed by atoms with van der Waals surface area (Å²) in [4.78, 5) is 11.6. The topological polar surface area (TPSA) is 59.6 Å². The summed E-state index contributed by atoms with van der Waals surface area (Å²) < 4.78 is 10.5. The van der Waals surface area contributed by atoms with Gasteiger partial charge in [0.05, 0.1) is 14.2 Å². The van der Waals surface area contributed by atoms with E-state index in [0.717, 1.165) is 31.4 Å². The Morgan fingerprint density at radius 2 is 1.77 bits per heavy atom. The lowest BCUT2D eigenvalue weighted by Gasteiger charge is -2.11. The molecule has 0 spiro atoms. The summed E-state index contributed by atoms with van der Waals surface area (Å²) >= 11 is 0. The summed E-state index contributed by atoms with van der Waals surface area (Å²) in [6.07, 6.45) is 2.90. The van der Waals surface area contributed by atoms with Crippen LogP contribution in [0.25, 0.3) is 0 Å². The minimum absolute atomic E-state index is 0.107. The SMILES string of the molecule is COc1ccc(CCNC(=O)NCCCC(C)C)cc1OC. The smallest absolute Gasteiger partial charge is 0.314 e. The molecule has 2 N–H and O–H groups in total. The van der Waals surface area contributed by atoms with Crippen molar-refractivity contribution in [3.8, 4) is 11.5 Å². The molecule has 22 heavy (non-hydrogen) atoms. The van der Waals surface area contributed by atoms with Gasteiger partial charge in [-0.1, -0.05) is 19.9 Å². The van der Waals surface area contributed by atoms with Crippen LogP contribution < -0.4 is 20.1 Å². The molecule has 0 bridgehead atoms. The summed E-state index contributed by atoms with van der Waals surface area (Å²) in [7, 11) is 3.23. The molecule has 0 aromatic heterocycles. The fourth-order valence-corrected chi connectivity index (χ4v) is 2.13. The van der Waals surface area contributed by atoms with E-state index in [1.165, 1.54) is 0 Å². The van der Waals surface area contributed by atoms with Gasteiger partial charge in [0.1, 0.15) is 0 Å². The number of carbonyl (C=O) groups excluding carboxylic acids is 1. The van der Waals surface area contributed by atoms with Gasteiger partial charge < -0.3 is 20.1 Å². The second-order valence-corrected chi connectivity index (χ2v) is 5.66. The van der Waals surface area contributed by atoms with Crippen molar-refractivity contribution >= 4 is 6.03 Å². The largest absolute Gasteiger partial charge is 0.493 e. The Morgan fingerprint density at radius 1 is 1.09 bits per heavy atom. The highest BCUT2D eigenvalue weighted by molar-refractivity contribution is 5.73. The van der Waals surface area contributed by atoms with Crippen LogP contribution in [0, 0.1) is 5.92 Å². The molecule has 5 nitrogen and oxygen atoms in total. The molecular weight excluding hydrogens is 280 g/mol. The second kappa shape index (κ2) is 9.92. The minimum Gasteiger partial charge on any atom is -0.493 e. The van der Waals surface area contributed by atoms with Crippen LogP contribution in [0.2, 0.25) is 0 Å². The van der Waals surface area contributed by atoms with Crippen molar-refractivity contribution in [3.05, 3.63) is 23.8 Å². The normalized spacial score (nSPS) is 10.4. The van der Waals surface area contributed by atoms with Crippen molar-refractivity contribution in [3.63, 3.8) is 0 Å². The highest BCUT2D eigenvalue weighted by atomic mass is 16.5. The third-order valence-corrected chi connectivity index (χ3v) is 3.39. The molecule has 1 aromatic carbocycles. The molecule has 0 aliphatic carbocycles. The number of rotatable bonds is 9. The zero-order chi connectivity index (χ0) is 16.4. The number of amides is 2. The van der Waals surface area contributed by atoms with Gasteiger partial charge in [-0.2, -0.15) is 0 Å². The number of carbonyl (C=O) groups is 1. The summed E-state index contributed by atoms with van der Waals surface area (Å²) in [5.74, 6) is 2.09. The molecule has 0 saturated carbocycles. The molecule has 0 unspecified atom stereocenters. The molecule has 0 atom stereocenters. The minimum atomic E-state index is -0.107. The number of hydrogen-bond donors (Lipinski definition) is 2. The zero-order valence-electron chi connectivity index (χ0n) is 14.1. The lowest BCUT2D eigenvalue weighted by molar-refractivity contribution is 0.240. The Labute approximate surface area is 133 Å². The molecule has 0 radical (unpaired) electrons. The summed E-state index contributed by atoms with van der Waals surface area (Å²) in [6.45, 7) is 5.68. The van der Waals surface area contributed by atoms with Crippen LogP contribution in [0.15, 0.2) is 18.2 Å². The van der Waals surface area contributed by atoms with E-state index in [1.54, 1.807) is 14.2 Å². The quantitative estimate of drug-likeness (QED) is 0.690. The van der Waals surface area contributed by atoms with Crippen molar-refractivity contribution in [2.24, 2.45) is 5.92 Å². The monoisotopic (exact) mass is 308 g/mol. The van der Waals surface area contributed by atoms with Gasteiger partial charge >= 0.3 is 6.03 Å². The number of benzene rings is 1. The molecule has 0 saturated heterocycles. The molecule has 2 amide bonds. The fourth-order valence-electron chi connectivity index (χ4n) is 2.13.